The first-order chi connectivity index (χ1) is 16.7. The van der Waals surface area contributed by atoms with E-state index < -0.39 is 6.09 Å². The van der Waals surface area contributed by atoms with Gasteiger partial charge in [-0.2, -0.15) is 0 Å². The van der Waals surface area contributed by atoms with Crippen LogP contribution < -0.4 is 5.32 Å². The van der Waals surface area contributed by atoms with Crippen molar-refractivity contribution in [1.82, 2.24) is 5.32 Å². The lowest BCUT2D eigenvalue weighted by Crippen LogP contribution is -2.29. The number of alkyl carbamates (subject to hydrolysis) is 1. The molecule has 0 radical (unpaired) electrons. The maximum Gasteiger partial charge on any atom is 0.407 e. The molecule has 1 amide bonds. The first-order valence-electron chi connectivity index (χ1n) is 12.1. The number of hydrogen-bond donors (Lipinski definition) is 1. The maximum atomic E-state index is 12.1. The highest BCUT2D eigenvalue weighted by molar-refractivity contribution is 5.79. The van der Waals surface area contributed by atoms with E-state index in [1.54, 1.807) is 0 Å². The van der Waals surface area contributed by atoms with E-state index in [1.807, 2.05) is 24.3 Å². The first kappa shape index (κ1) is 25.7. The van der Waals surface area contributed by atoms with Crippen LogP contribution in [-0.2, 0) is 23.7 Å². The van der Waals surface area contributed by atoms with Crippen LogP contribution in [0.25, 0.3) is 11.1 Å². The second-order valence-electron chi connectivity index (χ2n) is 8.15. The Labute approximate surface area is 201 Å². The number of hydrogen-bond acceptors (Lipinski definition) is 6. The van der Waals surface area contributed by atoms with Crippen molar-refractivity contribution in [2.75, 3.05) is 46.2 Å². The van der Waals surface area contributed by atoms with Crippen LogP contribution >= 0.6 is 0 Å². The number of benzene rings is 2. The van der Waals surface area contributed by atoms with Crippen molar-refractivity contribution in [2.24, 2.45) is 0 Å². The fourth-order valence-electron chi connectivity index (χ4n) is 4.00. The highest BCUT2D eigenvalue weighted by Gasteiger charge is 2.28. The molecule has 2 aromatic carbocycles. The van der Waals surface area contributed by atoms with Crippen molar-refractivity contribution in [1.29, 1.82) is 0 Å². The number of carbonyl (C=O) groups excluding carboxylic acids is 2. The predicted octanol–water partition coefficient (Wildman–Crippen LogP) is 4.68. The molecule has 1 aliphatic rings. The molecule has 0 aromatic heterocycles. The molecule has 0 saturated heterocycles. The second kappa shape index (κ2) is 14.4. The monoisotopic (exact) mass is 469 g/mol. The fourth-order valence-corrected chi connectivity index (χ4v) is 4.00. The van der Waals surface area contributed by atoms with Crippen molar-refractivity contribution in [3.63, 3.8) is 0 Å². The van der Waals surface area contributed by atoms with Gasteiger partial charge in [-0.1, -0.05) is 68.3 Å². The van der Waals surface area contributed by atoms with Crippen molar-refractivity contribution < 1.29 is 28.5 Å². The Balaban J connectivity index is 1.21. The maximum absolute atomic E-state index is 12.1. The summed E-state index contributed by atoms with van der Waals surface area (Å²) in [4.78, 5) is 23.6. The Morgan fingerprint density at radius 3 is 2.09 bits per heavy atom. The zero-order chi connectivity index (χ0) is 24.0. The summed E-state index contributed by atoms with van der Waals surface area (Å²) in [6, 6.07) is 16.5. The minimum Gasteiger partial charge on any atom is -0.463 e. The molecule has 2 aromatic rings. The molecule has 184 valence electrons. The van der Waals surface area contributed by atoms with E-state index >= 15 is 0 Å². The van der Waals surface area contributed by atoms with Crippen LogP contribution in [0.15, 0.2) is 48.5 Å². The molecule has 7 heteroatoms. The summed E-state index contributed by atoms with van der Waals surface area (Å²) in [5.41, 5.74) is 4.78. The number of amides is 1. The number of ether oxygens (including phenoxy) is 4. The highest BCUT2D eigenvalue weighted by Crippen LogP contribution is 2.44. The number of esters is 1. The molecule has 1 N–H and O–H groups in total. The summed E-state index contributed by atoms with van der Waals surface area (Å²) in [6.07, 6.45) is 3.00. The number of nitrogens with one attached hydrogen (secondary N) is 1. The molecule has 34 heavy (non-hydrogen) atoms. The van der Waals surface area contributed by atoms with Crippen LogP contribution in [0, 0.1) is 0 Å². The molecule has 0 atom stereocenters. The minimum absolute atomic E-state index is 0.0437. The quantitative estimate of drug-likeness (QED) is 0.301. The van der Waals surface area contributed by atoms with Crippen LogP contribution in [0.2, 0.25) is 0 Å². The van der Waals surface area contributed by atoms with E-state index in [-0.39, 0.29) is 25.1 Å². The molecule has 0 spiro atoms. The van der Waals surface area contributed by atoms with E-state index in [2.05, 4.69) is 36.5 Å². The number of unbranched alkanes of at least 4 members (excludes halogenated alkanes) is 2. The second-order valence-corrected chi connectivity index (χ2v) is 8.15. The average Bonchev–Trinajstić information content (AvgIpc) is 3.18. The smallest absolute Gasteiger partial charge is 0.407 e. The van der Waals surface area contributed by atoms with E-state index in [1.165, 1.54) is 22.3 Å². The van der Waals surface area contributed by atoms with Gasteiger partial charge in [-0.15, -0.1) is 0 Å². The Morgan fingerprint density at radius 2 is 1.41 bits per heavy atom. The first-order valence-corrected chi connectivity index (χ1v) is 12.1. The lowest BCUT2D eigenvalue weighted by atomic mass is 9.98. The van der Waals surface area contributed by atoms with Gasteiger partial charge in [-0.3, -0.25) is 4.79 Å². The zero-order valence-corrected chi connectivity index (χ0v) is 19.9. The van der Waals surface area contributed by atoms with Crippen molar-refractivity contribution in [3.05, 3.63) is 59.7 Å². The molecule has 0 unspecified atom stereocenters. The lowest BCUT2D eigenvalue weighted by molar-refractivity contribution is -0.145. The molecule has 3 rings (SSSR count). The Morgan fingerprint density at radius 1 is 0.794 bits per heavy atom. The van der Waals surface area contributed by atoms with Gasteiger partial charge in [0.15, 0.2) is 0 Å². The standard InChI is InChI=1S/C27H35NO6/c1-2-3-4-13-26(29)33-19-18-32-17-16-31-15-14-28-27(30)34-20-25-23-11-7-5-9-21(23)22-10-6-8-12-24(22)25/h5-12,25H,2-4,13-20H2,1H3,(H,28,30). The number of fused-ring (bicyclic) bond motifs is 3. The van der Waals surface area contributed by atoms with Crippen LogP contribution in [0.4, 0.5) is 4.79 Å². The molecular weight excluding hydrogens is 434 g/mol. The van der Waals surface area contributed by atoms with Gasteiger partial charge in [0, 0.05) is 18.9 Å². The summed E-state index contributed by atoms with van der Waals surface area (Å²) in [6.45, 7) is 4.51. The zero-order valence-electron chi connectivity index (χ0n) is 19.9. The van der Waals surface area contributed by atoms with Gasteiger partial charge >= 0.3 is 12.1 Å². The molecule has 0 aliphatic heterocycles. The van der Waals surface area contributed by atoms with Gasteiger partial charge in [0.2, 0.25) is 0 Å². The SMILES string of the molecule is CCCCCC(=O)OCCOCCOCCNC(=O)OCC1c2ccccc2-c2ccccc21. The van der Waals surface area contributed by atoms with Gasteiger partial charge in [-0.05, 0) is 28.7 Å². The van der Waals surface area contributed by atoms with Crippen LogP contribution in [0.1, 0.15) is 49.7 Å². The molecule has 0 heterocycles. The molecule has 0 saturated carbocycles. The third-order valence-electron chi connectivity index (χ3n) is 5.71. The Kier molecular flexibility index (Phi) is 10.9. The van der Waals surface area contributed by atoms with E-state index in [0.717, 1.165) is 19.3 Å². The van der Waals surface area contributed by atoms with Crippen LogP contribution in [0.5, 0.6) is 0 Å². The van der Waals surface area contributed by atoms with Crippen molar-refractivity contribution in [2.45, 2.75) is 38.5 Å². The third-order valence-corrected chi connectivity index (χ3v) is 5.71. The van der Waals surface area contributed by atoms with Crippen molar-refractivity contribution >= 4 is 12.1 Å². The molecule has 1 aliphatic carbocycles. The fraction of sp³-hybridized carbons (Fsp3) is 0.481. The molecule has 0 fully saturated rings. The van der Waals surface area contributed by atoms with Crippen LogP contribution in [-0.4, -0.2) is 58.2 Å². The van der Waals surface area contributed by atoms with Gasteiger partial charge in [0.05, 0.1) is 26.4 Å². The number of rotatable bonds is 15. The van der Waals surface area contributed by atoms with Gasteiger partial charge < -0.3 is 24.3 Å². The number of carbonyl (C=O) groups is 2. The summed E-state index contributed by atoms with van der Waals surface area (Å²) >= 11 is 0. The average molecular weight is 470 g/mol. The summed E-state index contributed by atoms with van der Waals surface area (Å²) in [7, 11) is 0. The van der Waals surface area contributed by atoms with Gasteiger partial charge in [-0.25, -0.2) is 4.79 Å². The van der Waals surface area contributed by atoms with Crippen LogP contribution in [0.3, 0.4) is 0 Å². The predicted molar refractivity (Wildman–Crippen MR) is 130 cm³/mol. The Hall–Kier alpha value is -2.90. The normalized spacial score (nSPS) is 12.1. The summed E-state index contributed by atoms with van der Waals surface area (Å²) < 4.78 is 21.4. The van der Waals surface area contributed by atoms with E-state index in [0.29, 0.717) is 39.4 Å². The molecule has 7 nitrogen and oxygen atoms in total. The van der Waals surface area contributed by atoms with Crippen molar-refractivity contribution in [3.8, 4) is 11.1 Å². The minimum atomic E-state index is -0.456. The van der Waals surface area contributed by atoms with Gasteiger partial charge in [0.1, 0.15) is 13.2 Å². The van der Waals surface area contributed by atoms with E-state index in [4.69, 9.17) is 18.9 Å². The van der Waals surface area contributed by atoms with Gasteiger partial charge in [0.25, 0.3) is 0 Å². The molecular formula is C27H35NO6. The molecule has 0 bridgehead atoms. The Bertz CT molecular complexity index is 870. The topological polar surface area (TPSA) is 83.1 Å². The lowest BCUT2D eigenvalue weighted by Gasteiger charge is -2.14. The highest BCUT2D eigenvalue weighted by atomic mass is 16.6. The third kappa shape index (κ3) is 7.85. The van der Waals surface area contributed by atoms with E-state index in [9.17, 15) is 9.59 Å². The largest absolute Gasteiger partial charge is 0.463 e. The summed E-state index contributed by atoms with van der Waals surface area (Å²) in [5, 5.41) is 2.71. The summed E-state index contributed by atoms with van der Waals surface area (Å²) in [5.74, 6) is -0.130.